The molecule has 0 fully saturated rings. The SMILES string of the molecule is COc1cc(CCCl)ccc1OCc1ccccc1. The van der Waals surface area contributed by atoms with Crippen molar-refractivity contribution in [2.75, 3.05) is 13.0 Å². The molecule has 0 heterocycles. The summed E-state index contributed by atoms with van der Waals surface area (Å²) >= 11 is 5.74. The highest BCUT2D eigenvalue weighted by Gasteiger charge is 2.06. The molecule has 0 atom stereocenters. The van der Waals surface area contributed by atoms with E-state index < -0.39 is 0 Å². The second-order valence-electron chi connectivity index (χ2n) is 4.20. The van der Waals surface area contributed by atoms with Crippen LogP contribution in [0.5, 0.6) is 11.5 Å². The predicted molar refractivity (Wildman–Crippen MR) is 78.2 cm³/mol. The number of hydrogen-bond donors (Lipinski definition) is 0. The van der Waals surface area contributed by atoms with Crippen LogP contribution in [-0.4, -0.2) is 13.0 Å². The summed E-state index contributed by atoms with van der Waals surface area (Å²) in [5, 5.41) is 0. The van der Waals surface area contributed by atoms with Gasteiger partial charge in [-0.25, -0.2) is 0 Å². The predicted octanol–water partition coefficient (Wildman–Crippen LogP) is 4.06. The summed E-state index contributed by atoms with van der Waals surface area (Å²) in [5.74, 6) is 2.11. The Morgan fingerprint density at radius 1 is 0.947 bits per heavy atom. The van der Waals surface area contributed by atoms with Gasteiger partial charge in [0.1, 0.15) is 6.61 Å². The van der Waals surface area contributed by atoms with Crippen LogP contribution in [0, 0.1) is 0 Å². The minimum atomic E-state index is 0.534. The van der Waals surface area contributed by atoms with Gasteiger partial charge >= 0.3 is 0 Å². The van der Waals surface area contributed by atoms with E-state index in [1.165, 1.54) is 0 Å². The lowest BCUT2D eigenvalue weighted by atomic mass is 10.1. The van der Waals surface area contributed by atoms with Crippen molar-refractivity contribution in [3.05, 3.63) is 59.7 Å². The second kappa shape index (κ2) is 7.05. The topological polar surface area (TPSA) is 18.5 Å². The monoisotopic (exact) mass is 276 g/mol. The van der Waals surface area contributed by atoms with Crippen molar-refractivity contribution >= 4 is 11.6 Å². The van der Waals surface area contributed by atoms with Gasteiger partial charge in [0, 0.05) is 5.88 Å². The first-order valence-electron chi connectivity index (χ1n) is 6.23. The van der Waals surface area contributed by atoms with Gasteiger partial charge in [-0.05, 0) is 29.7 Å². The van der Waals surface area contributed by atoms with Gasteiger partial charge < -0.3 is 9.47 Å². The highest BCUT2D eigenvalue weighted by atomic mass is 35.5. The molecule has 0 amide bonds. The number of rotatable bonds is 6. The van der Waals surface area contributed by atoms with Crippen LogP contribution in [-0.2, 0) is 13.0 Å². The minimum absolute atomic E-state index is 0.534. The Labute approximate surface area is 118 Å². The highest BCUT2D eigenvalue weighted by molar-refractivity contribution is 6.17. The lowest BCUT2D eigenvalue weighted by Gasteiger charge is -2.12. The van der Waals surface area contributed by atoms with Crippen LogP contribution in [0.25, 0.3) is 0 Å². The van der Waals surface area contributed by atoms with Crippen molar-refractivity contribution < 1.29 is 9.47 Å². The zero-order valence-corrected chi connectivity index (χ0v) is 11.7. The van der Waals surface area contributed by atoms with E-state index in [9.17, 15) is 0 Å². The van der Waals surface area contributed by atoms with Crippen molar-refractivity contribution in [3.63, 3.8) is 0 Å². The molecule has 0 saturated heterocycles. The van der Waals surface area contributed by atoms with Crippen LogP contribution < -0.4 is 9.47 Å². The molecule has 0 spiro atoms. The first kappa shape index (κ1) is 13.8. The Morgan fingerprint density at radius 2 is 1.74 bits per heavy atom. The number of benzene rings is 2. The van der Waals surface area contributed by atoms with Gasteiger partial charge in [-0.2, -0.15) is 0 Å². The Morgan fingerprint density at radius 3 is 2.42 bits per heavy atom. The molecule has 2 aromatic carbocycles. The molecule has 19 heavy (non-hydrogen) atoms. The molecule has 0 aliphatic heterocycles. The van der Waals surface area contributed by atoms with Crippen LogP contribution in [0.3, 0.4) is 0 Å². The summed E-state index contributed by atoms with van der Waals surface area (Å²) in [6.07, 6.45) is 0.830. The summed E-state index contributed by atoms with van der Waals surface area (Å²) in [4.78, 5) is 0. The average molecular weight is 277 g/mol. The van der Waals surface area contributed by atoms with Crippen molar-refractivity contribution in [1.29, 1.82) is 0 Å². The molecule has 0 radical (unpaired) electrons. The average Bonchev–Trinajstić information content (AvgIpc) is 2.47. The van der Waals surface area contributed by atoms with Gasteiger partial charge in [-0.3, -0.25) is 0 Å². The van der Waals surface area contributed by atoms with E-state index >= 15 is 0 Å². The maximum absolute atomic E-state index is 5.79. The standard InChI is InChI=1S/C16H17ClO2/c1-18-16-11-13(9-10-17)7-8-15(16)19-12-14-5-3-2-4-6-14/h2-8,11H,9-10,12H2,1H3. The molecule has 3 heteroatoms. The van der Waals surface area contributed by atoms with Crippen LogP contribution >= 0.6 is 11.6 Å². The maximum Gasteiger partial charge on any atom is 0.161 e. The molecule has 2 nitrogen and oxygen atoms in total. The second-order valence-corrected chi connectivity index (χ2v) is 4.58. The molecule has 0 saturated carbocycles. The van der Waals surface area contributed by atoms with E-state index in [0.29, 0.717) is 12.5 Å². The number of aryl methyl sites for hydroxylation is 1. The normalized spacial score (nSPS) is 10.2. The molecule has 100 valence electrons. The molecular weight excluding hydrogens is 260 g/mol. The number of ether oxygens (including phenoxy) is 2. The number of alkyl halides is 1. The first-order chi connectivity index (χ1) is 9.33. The third-order valence-electron chi connectivity index (χ3n) is 2.85. The van der Waals surface area contributed by atoms with E-state index in [2.05, 4.69) is 0 Å². The Kier molecular flexibility index (Phi) is 5.10. The van der Waals surface area contributed by atoms with Gasteiger partial charge in [0.25, 0.3) is 0 Å². The first-order valence-corrected chi connectivity index (χ1v) is 6.76. The van der Waals surface area contributed by atoms with Gasteiger partial charge in [-0.1, -0.05) is 36.4 Å². The van der Waals surface area contributed by atoms with Gasteiger partial charge in [-0.15, -0.1) is 11.6 Å². The summed E-state index contributed by atoms with van der Waals surface area (Å²) in [7, 11) is 1.65. The van der Waals surface area contributed by atoms with Gasteiger partial charge in [0.05, 0.1) is 7.11 Å². The summed E-state index contributed by atoms with van der Waals surface area (Å²) in [6, 6.07) is 16.0. The smallest absolute Gasteiger partial charge is 0.161 e. The largest absolute Gasteiger partial charge is 0.493 e. The zero-order chi connectivity index (χ0) is 13.5. The van der Waals surface area contributed by atoms with Crippen LogP contribution in [0.2, 0.25) is 0 Å². The summed E-state index contributed by atoms with van der Waals surface area (Å²) in [5.41, 5.74) is 2.29. The Hall–Kier alpha value is -1.67. The minimum Gasteiger partial charge on any atom is -0.493 e. The fourth-order valence-corrected chi connectivity index (χ4v) is 2.05. The van der Waals surface area contributed by atoms with Gasteiger partial charge in [0.15, 0.2) is 11.5 Å². The van der Waals surface area contributed by atoms with Crippen LogP contribution in [0.15, 0.2) is 48.5 Å². The van der Waals surface area contributed by atoms with Crippen molar-refractivity contribution in [2.24, 2.45) is 0 Å². The third-order valence-corrected chi connectivity index (χ3v) is 3.04. The number of halogens is 1. The lowest BCUT2D eigenvalue weighted by Crippen LogP contribution is -1.98. The third kappa shape index (κ3) is 3.90. The van der Waals surface area contributed by atoms with Crippen LogP contribution in [0.1, 0.15) is 11.1 Å². The molecule has 0 aliphatic carbocycles. The molecule has 2 rings (SSSR count). The lowest BCUT2D eigenvalue weighted by molar-refractivity contribution is 0.284. The Balaban J connectivity index is 2.07. The van der Waals surface area contributed by atoms with E-state index in [1.54, 1.807) is 7.11 Å². The Bertz CT molecular complexity index is 511. The van der Waals surface area contributed by atoms with E-state index in [-0.39, 0.29) is 0 Å². The molecule has 0 aromatic heterocycles. The van der Waals surface area contributed by atoms with E-state index in [4.69, 9.17) is 21.1 Å². The van der Waals surface area contributed by atoms with E-state index in [0.717, 1.165) is 29.0 Å². The van der Waals surface area contributed by atoms with Crippen molar-refractivity contribution in [1.82, 2.24) is 0 Å². The fourth-order valence-electron chi connectivity index (χ4n) is 1.83. The van der Waals surface area contributed by atoms with Crippen LogP contribution in [0.4, 0.5) is 0 Å². The zero-order valence-electron chi connectivity index (χ0n) is 10.9. The van der Waals surface area contributed by atoms with Crippen molar-refractivity contribution in [3.8, 4) is 11.5 Å². The fraction of sp³-hybridized carbons (Fsp3) is 0.250. The molecular formula is C16H17ClO2. The van der Waals surface area contributed by atoms with Gasteiger partial charge in [0.2, 0.25) is 0 Å². The number of hydrogen-bond acceptors (Lipinski definition) is 2. The summed E-state index contributed by atoms with van der Waals surface area (Å²) in [6.45, 7) is 0.534. The van der Waals surface area contributed by atoms with Crippen molar-refractivity contribution in [2.45, 2.75) is 13.0 Å². The molecule has 0 N–H and O–H groups in total. The molecule has 0 aliphatic rings. The molecule has 2 aromatic rings. The summed E-state index contributed by atoms with van der Waals surface area (Å²) < 4.78 is 11.1. The molecule has 0 unspecified atom stereocenters. The molecule has 0 bridgehead atoms. The highest BCUT2D eigenvalue weighted by Crippen LogP contribution is 2.29. The quantitative estimate of drug-likeness (QED) is 0.741. The maximum atomic E-state index is 5.79. The van der Waals surface area contributed by atoms with E-state index in [1.807, 2.05) is 48.5 Å². The number of methoxy groups -OCH3 is 1.